The van der Waals surface area contributed by atoms with Gasteiger partial charge < -0.3 is 14.9 Å². The van der Waals surface area contributed by atoms with Crippen LogP contribution in [0.2, 0.25) is 0 Å². The van der Waals surface area contributed by atoms with Crippen molar-refractivity contribution in [1.29, 1.82) is 5.26 Å². The number of carboxylic acids is 1. The highest BCUT2D eigenvalue weighted by molar-refractivity contribution is 8.26. The lowest BCUT2D eigenvalue weighted by Crippen LogP contribution is -2.48. The summed E-state index contributed by atoms with van der Waals surface area (Å²) in [4.78, 5) is 44.0. The Labute approximate surface area is 279 Å². The normalized spacial score (nSPS) is 16.0. The first kappa shape index (κ1) is 35.2. The third-order valence-corrected chi connectivity index (χ3v) is 9.98. The molecule has 0 bridgehead atoms. The smallest absolute Gasteiger partial charge is 0.303 e. The largest absolute Gasteiger partial charge is 0.481 e. The van der Waals surface area contributed by atoms with Gasteiger partial charge in [0, 0.05) is 56.9 Å². The first-order valence-corrected chi connectivity index (χ1v) is 17.3. The summed E-state index contributed by atoms with van der Waals surface area (Å²) in [5, 5.41) is 18.6. The molecule has 2 aliphatic rings. The highest BCUT2D eigenvalue weighted by Crippen LogP contribution is 2.36. The van der Waals surface area contributed by atoms with Crippen molar-refractivity contribution in [1.82, 2.24) is 9.47 Å². The van der Waals surface area contributed by atoms with E-state index in [2.05, 4.69) is 15.9 Å². The number of thiocarbonyl (C=S) groups is 1. The number of anilines is 2. The number of carboxylic acid groups (broad SMARTS) is 1. The maximum absolute atomic E-state index is 13.6. The standard InChI is InChI=1S/C34H42FN5O4S2/c1-3-39-31(38-20-18-37(19-21-38)26-15-13-25(35)14-16-26)27(24(2)28(23-36)32(39)43)22-29-33(44)40(34(45)46-29)17-11-9-7-5-4-6-8-10-12-30(41)42/h13-16,22H,3-12,17-21H2,1-2H3,(H,41,42). The monoisotopic (exact) mass is 667 g/mol. The topological polar surface area (TPSA) is 110 Å². The Balaban J connectivity index is 1.46. The number of unbranched alkanes of at least 4 members (excludes halogenated alkanes) is 7. The molecule has 0 spiro atoms. The fourth-order valence-corrected chi connectivity index (χ4v) is 7.33. The van der Waals surface area contributed by atoms with Gasteiger partial charge in [-0.15, -0.1) is 0 Å². The van der Waals surface area contributed by atoms with Crippen LogP contribution in [0.4, 0.5) is 15.9 Å². The Kier molecular flexibility index (Phi) is 12.8. The number of rotatable bonds is 15. The minimum atomic E-state index is -0.740. The number of carbonyl (C=O) groups is 2. The summed E-state index contributed by atoms with van der Waals surface area (Å²) in [6.07, 6.45) is 9.76. The van der Waals surface area contributed by atoms with Crippen molar-refractivity contribution in [3.05, 3.63) is 62.0 Å². The lowest BCUT2D eigenvalue weighted by atomic mass is 10.0. The van der Waals surface area contributed by atoms with E-state index in [-0.39, 0.29) is 29.3 Å². The molecule has 246 valence electrons. The van der Waals surface area contributed by atoms with Gasteiger partial charge in [-0.05, 0) is 62.6 Å². The number of hydrogen-bond acceptors (Lipinski definition) is 8. The van der Waals surface area contributed by atoms with Crippen molar-refractivity contribution >= 4 is 57.8 Å². The molecular formula is C34H42FN5O4S2. The number of thioether (sulfide) groups is 1. The van der Waals surface area contributed by atoms with Crippen LogP contribution in [0.3, 0.4) is 0 Å². The van der Waals surface area contributed by atoms with Gasteiger partial charge in [-0.2, -0.15) is 5.26 Å². The molecule has 0 radical (unpaired) electrons. The van der Waals surface area contributed by atoms with Crippen molar-refractivity contribution < 1.29 is 19.1 Å². The van der Waals surface area contributed by atoms with E-state index in [0.717, 1.165) is 57.1 Å². The van der Waals surface area contributed by atoms with E-state index in [1.807, 2.05) is 6.92 Å². The Morgan fingerprint density at radius 1 is 1.00 bits per heavy atom. The fourth-order valence-electron chi connectivity index (χ4n) is 6.04. The van der Waals surface area contributed by atoms with Crippen LogP contribution in [0.25, 0.3) is 6.08 Å². The molecule has 2 aromatic rings. The number of amides is 1. The van der Waals surface area contributed by atoms with E-state index in [0.29, 0.717) is 65.4 Å². The number of nitriles is 1. The number of aromatic nitrogens is 1. The zero-order valence-corrected chi connectivity index (χ0v) is 28.2. The average molecular weight is 668 g/mol. The first-order chi connectivity index (χ1) is 22.2. The van der Waals surface area contributed by atoms with E-state index < -0.39 is 5.97 Å². The summed E-state index contributed by atoms with van der Waals surface area (Å²) in [5.74, 6) is -0.490. The van der Waals surface area contributed by atoms with Crippen molar-refractivity contribution in [3.63, 3.8) is 0 Å². The quantitative estimate of drug-likeness (QED) is 0.133. The van der Waals surface area contributed by atoms with Gasteiger partial charge in [-0.25, -0.2) is 4.39 Å². The van der Waals surface area contributed by atoms with Gasteiger partial charge in [0.05, 0.1) is 4.91 Å². The van der Waals surface area contributed by atoms with E-state index in [4.69, 9.17) is 17.3 Å². The van der Waals surface area contributed by atoms with Gasteiger partial charge in [-0.1, -0.05) is 62.5 Å². The molecule has 1 N–H and O–H groups in total. The summed E-state index contributed by atoms with van der Waals surface area (Å²) >= 11 is 6.86. The number of carbonyl (C=O) groups excluding carboxylic acids is 1. The van der Waals surface area contributed by atoms with Crippen LogP contribution in [0.5, 0.6) is 0 Å². The van der Waals surface area contributed by atoms with E-state index >= 15 is 0 Å². The fraction of sp³-hybridized carbons (Fsp3) is 0.500. The maximum Gasteiger partial charge on any atom is 0.303 e. The molecule has 12 heteroatoms. The number of piperazine rings is 1. The second-order valence-corrected chi connectivity index (χ2v) is 13.3. The second kappa shape index (κ2) is 16.7. The van der Waals surface area contributed by atoms with Crippen LogP contribution in [0.15, 0.2) is 34.0 Å². The molecule has 0 unspecified atom stereocenters. The van der Waals surface area contributed by atoms with Crippen LogP contribution < -0.4 is 15.4 Å². The zero-order valence-electron chi connectivity index (χ0n) is 26.6. The Morgan fingerprint density at radius 3 is 2.17 bits per heavy atom. The molecule has 2 aliphatic heterocycles. The van der Waals surface area contributed by atoms with Crippen molar-refractivity contribution in [2.75, 3.05) is 42.5 Å². The van der Waals surface area contributed by atoms with Crippen LogP contribution in [0.1, 0.15) is 81.4 Å². The third-order valence-electron chi connectivity index (χ3n) is 8.60. The number of hydrogen-bond donors (Lipinski definition) is 1. The average Bonchev–Trinajstić information content (AvgIpc) is 3.31. The van der Waals surface area contributed by atoms with E-state index in [1.165, 1.54) is 23.9 Å². The molecule has 2 saturated heterocycles. The van der Waals surface area contributed by atoms with Crippen LogP contribution in [0, 0.1) is 24.1 Å². The minimum Gasteiger partial charge on any atom is -0.481 e. The molecule has 0 aliphatic carbocycles. The third kappa shape index (κ3) is 8.56. The number of nitrogens with zero attached hydrogens (tertiary/aromatic N) is 5. The Hall–Kier alpha value is -3.69. The molecule has 4 rings (SSSR count). The number of aliphatic carboxylic acids is 1. The summed E-state index contributed by atoms with van der Waals surface area (Å²) in [6, 6.07) is 8.51. The van der Waals surface area contributed by atoms with Crippen molar-refractivity contribution in [3.8, 4) is 6.07 Å². The van der Waals surface area contributed by atoms with Gasteiger partial charge >= 0.3 is 5.97 Å². The Morgan fingerprint density at radius 2 is 1.59 bits per heavy atom. The number of halogens is 1. The van der Waals surface area contributed by atoms with Gasteiger partial charge in [-0.3, -0.25) is 23.9 Å². The minimum absolute atomic E-state index is 0.0687. The molecule has 3 heterocycles. The molecular weight excluding hydrogens is 626 g/mol. The number of pyridine rings is 1. The van der Waals surface area contributed by atoms with E-state index in [1.54, 1.807) is 34.6 Å². The molecule has 9 nitrogen and oxygen atoms in total. The van der Waals surface area contributed by atoms with Crippen LogP contribution in [-0.2, 0) is 16.1 Å². The molecule has 0 saturated carbocycles. The van der Waals surface area contributed by atoms with Gasteiger partial charge in [0.1, 0.15) is 27.6 Å². The molecule has 46 heavy (non-hydrogen) atoms. The van der Waals surface area contributed by atoms with Crippen LogP contribution in [-0.4, -0.2) is 63.5 Å². The van der Waals surface area contributed by atoms with Gasteiger partial charge in [0.2, 0.25) is 0 Å². The molecule has 1 aromatic heterocycles. The Bertz CT molecular complexity index is 1560. The predicted molar refractivity (Wildman–Crippen MR) is 186 cm³/mol. The summed E-state index contributed by atoms with van der Waals surface area (Å²) < 4.78 is 15.6. The summed E-state index contributed by atoms with van der Waals surface area (Å²) in [5.41, 5.74) is 1.88. The molecule has 1 aromatic carbocycles. The van der Waals surface area contributed by atoms with Gasteiger partial charge in [0.25, 0.3) is 11.5 Å². The highest BCUT2D eigenvalue weighted by Gasteiger charge is 2.33. The van der Waals surface area contributed by atoms with E-state index in [9.17, 15) is 24.0 Å². The van der Waals surface area contributed by atoms with Crippen LogP contribution >= 0.6 is 24.0 Å². The SMILES string of the molecule is CCn1c(N2CCN(c3ccc(F)cc3)CC2)c(C=C2SC(=S)N(CCCCCCCCCCC(=O)O)C2=O)c(C)c(C#N)c1=O. The molecule has 2 fully saturated rings. The molecule has 0 atom stereocenters. The van der Waals surface area contributed by atoms with Crippen molar-refractivity contribution in [2.24, 2.45) is 0 Å². The lowest BCUT2D eigenvalue weighted by Gasteiger charge is -2.39. The second-order valence-electron chi connectivity index (χ2n) is 11.7. The maximum atomic E-state index is 13.6. The van der Waals surface area contributed by atoms with Gasteiger partial charge in [0.15, 0.2) is 0 Å². The molecule has 1 amide bonds. The number of benzene rings is 1. The van der Waals surface area contributed by atoms with Crippen molar-refractivity contribution in [2.45, 2.75) is 78.2 Å². The highest BCUT2D eigenvalue weighted by atomic mass is 32.2. The lowest BCUT2D eigenvalue weighted by molar-refractivity contribution is -0.137. The predicted octanol–water partition coefficient (Wildman–Crippen LogP) is 6.31. The summed E-state index contributed by atoms with van der Waals surface area (Å²) in [6.45, 7) is 7.07. The summed E-state index contributed by atoms with van der Waals surface area (Å²) in [7, 11) is 0. The zero-order chi connectivity index (χ0) is 33.2. The first-order valence-electron chi connectivity index (χ1n) is 16.1.